The third-order valence-corrected chi connectivity index (χ3v) is 0.765. The van der Waals surface area contributed by atoms with Crippen molar-refractivity contribution in [2.45, 2.75) is 0 Å². The first-order valence-corrected chi connectivity index (χ1v) is 2.83. The molecule has 0 radical (unpaired) electrons. The van der Waals surface area contributed by atoms with Crippen molar-refractivity contribution in [2.24, 2.45) is 5.90 Å². The maximum absolute atomic E-state index is 10.3. The second-order valence-electron chi connectivity index (χ2n) is 1.51. The first kappa shape index (κ1) is 9.86. The average Bonchev–Trinajstić information content (AvgIpc) is 2.04. The summed E-state index contributed by atoms with van der Waals surface area (Å²) in [6.45, 7) is 0.318. The van der Waals surface area contributed by atoms with Crippen LogP contribution in [-0.4, -0.2) is 32.3 Å². The van der Waals surface area contributed by atoms with Gasteiger partial charge in [0, 0.05) is 0 Å². The van der Waals surface area contributed by atoms with Crippen molar-refractivity contribution >= 4 is 12.4 Å². The SMILES string of the molecule is NOC(=O)COCCOC=O. The lowest BCUT2D eigenvalue weighted by Crippen LogP contribution is -2.17. The molecular weight excluding hydrogens is 154 g/mol. The lowest BCUT2D eigenvalue weighted by Gasteiger charge is -1.99. The molecule has 0 fully saturated rings. The van der Waals surface area contributed by atoms with Crippen LogP contribution in [0.15, 0.2) is 0 Å². The van der Waals surface area contributed by atoms with Crippen LogP contribution in [0.25, 0.3) is 0 Å². The first-order valence-electron chi connectivity index (χ1n) is 2.83. The minimum absolute atomic E-state index is 0.112. The molecule has 0 rings (SSSR count). The van der Waals surface area contributed by atoms with E-state index in [1.807, 2.05) is 0 Å². The molecule has 2 N–H and O–H groups in total. The van der Waals surface area contributed by atoms with Gasteiger partial charge in [-0.25, -0.2) is 4.79 Å². The fourth-order valence-corrected chi connectivity index (χ4v) is 0.345. The van der Waals surface area contributed by atoms with Crippen molar-refractivity contribution in [2.75, 3.05) is 19.8 Å². The van der Waals surface area contributed by atoms with Crippen LogP contribution in [0.3, 0.4) is 0 Å². The molecule has 0 aromatic carbocycles. The maximum Gasteiger partial charge on any atom is 0.350 e. The van der Waals surface area contributed by atoms with Crippen molar-refractivity contribution in [3.05, 3.63) is 0 Å². The summed E-state index contributed by atoms with van der Waals surface area (Å²) >= 11 is 0. The van der Waals surface area contributed by atoms with Gasteiger partial charge in [0.2, 0.25) is 0 Å². The molecule has 11 heavy (non-hydrogen) atoms. The number of nitrogens with two attached hydrogens (primary N) is 1. The fourth-order valence-electron chi connectivity index (χ4n) is 0.345. The van der Waals surface area contributed by atoms with Crippen LogP contribution >= 0.6 is 0 Å². The molecule has 0 aromatic rings. The summed E-state index contributed by atoms with van der Waals surface area (Å²) in [4.78, 5) is 23.6. The second-order valence-corrected chi connectivity index (χ2v) is 1.51. The van der Waals surface area contributed by atoms with E-state index < -0.39 is 5.97 Å². The van der Waals surface area contributed by atoms with Gasteiger partial charge in [0.1, 0.15) is 13.2 Å². The van der Waals surface area contributed by atoms with Gasteiger partial charge >= 0.3 is 5.97 Å². The van der Waals surface area contributed by atoms with Crippen molar-refractivity contribution in [3.63, 3.8) is 0 Å². The van der Waals surface area contributed by atoms with E-state index in [4.69, 9.17) is 0 Å². The van der Waals surface area contributed by atoms with E-state index in [0.717, 1.165) is 0 Å². The van der Waals surface area contributed by atoms with Crippen LogP contribution in [0.5, 0.6) is 0 Å². The zero-order valence-corrected chi connectivity index (χ0v) is 5.82. The number of hydrogen-bond acceptors (Lipinski definition) is 6. The minimum atomic E-state index is -0.670. The standard InChI is InChI=1S/C5H9NO5/c6-11-5(8)3-9-1-2-10-4-7/h4H,1-3,6H2. The Morgan fingerprint density at radius 2 is 2.18 bits per heavy atom. The van der Waals surface area contributed by atoms with Crippen LogP contribution in [0.2, 0.25) is 0 Å². The van der Waals surface area contributed by atoms with Crippen LogP contribution in [0.1, 0.15) is 0 Å². The van der Waals surface area contributed by atoms with Gasteiger partial charge in [-0.15, -0.1) is 0 Å². The molecule has 0 aromatic heterocycles. The average molecular weight is 163 g/mol. The Morgan fingerprint density at radius 3 is 2.73 bits per heavy atom. The molecule has 6 heteroatoms. The first-order chi connectivity index (χ1) is 5.31. The smallest absolute Gasteiger partial charge is 0.350 e. The highest BCUT2D eigenvalue weighted by molar-refractivity contribution is 5.70. The monoisotopic (exact) mass is 163 g/mol. The Bertz CT molecular complexity index is 126. The predicted molar refractivity (Wildman–Crippen MR) is 33.1 cm³/mol. The fraction of sp³-hybridized carbons (Fsp3) is 0.600. The molecule has 0 unspecified atom stereocenters. The van der Waals surface area contributed by atoms with E-state index in [1.165, 1.54) is 0 Å². The van der Waals surface area contributed by atoms with Gasteiger partial charge in [-0.3, -0.25) is 4.79 Å². The van der Waals surface area contributed by atoms with E-state index >= 15 is 0 Å². The Hall–Kier alpha value is -1.14. The van der Waals surface area contributed by atoms with Gasteiger partial charge in [0.15, 0.2) is 0 Å². The summed E-state index contributed by atoms with van der Waals surface area (Å²) in [6.07, 6.45) is 0. The Kier molecular flexibility index (Phi) is 6.25. The normalized spacial score (nSPS) is 8.82. The summed E-state index contributed by atoms with van der Waals surface area (Å²) in [5.41, 5.74) is 0. The molecule has 0 amide bonds. The highest BCUT2D eigenvalue weighted by atomic mass is 16.7. The third kappa shape index (κ3) is 6.75. The summed E-state index contributed by atoms with van der Waals surface area (Å²) in [7, 11) is 0. The van der Waals surface area contributed by atoms with E-state index in [1.54, 1.807) is 0 Å². The number of rotatable bonds is 6. The lowest BCUT2D eigenvalue weighted by atomic mass is 10.7. The molecule has 0 bridgehead atoms. The summed E-state index contributed by atoms with van der Waals surface area (Å²) < 4.78 is 8.91. The number of hydrogen-bond donors (Lipinski definition) is 1. The quantitative estimate of drug-likeness (QED) is 0.294. The summed E-state index contributed by atoms with van der Waals surface area (Å²) in [5, 5.41) is 0. The molecule has 0 atom stereocenters. The molecule has 0 aliphatic heterocycles. The largest absolute Gasteiger partial charge is 0.465 e. The zero-order chi connectivity index (χ0) is 8.53. The highest BCUT2D eigenvalue weighted by Gasteiger charge is 1.98. The van der Waals surface area contributed by atoms with Crippen LogP contribution in [0, 0.1) is 0 Å². The molecule has 0 spiro atoms. The number of carbonyl (C=O) groups excluding carboxylic acids is 2. The van der Waals surface area contributed by atoms with Crippen molar-refractivity contribution in [1.82, 2.24) is 0 Å². The van der Waals surface area contributed by atoms with Crippen LogP contribution < -0.4 is 5.90 Å². The van der Waals surface area contributed by atoms with Gasteiger partial charge in [0.05, 0.1) is 6.61 Å². The van der Waals surface area contributed by atoms with Crippen molar-refractivity contribution < 1.29 is 23.9 Å². The molecule has 64 valence electrons. The molecular formula is C5H9NO5. The van der Waals surface area contributed by atoms with Gasteiger partial charge in [-0.2, -0.15) is 5.90 Å². The predicted octanol–water partition coefficient (Wildman–Crippen LogP) is -1.41. The molecule has 0 aliphatic rings. The molecule has 0 saturated heterocycles. The topological polar surface area (TPSA) is 87.8 Å². The lowest BCUT2D eigenvalue weighted by molar-refractivity contribution is -0.150. The second kappa shape index (κ2) is 6.97. The molecule has 0 aliphatic carbocycles. The minimum Gasteiger partial charge on any atom is -0.465 e. The Labute approximate surface area is 63.2 Å². The van der Waals surface area contributed by atoms with Gasteiger partial charge in [-0.1, -0.05) is 0 Å². The van der Waals surface area contributed by atoms with E-state index in [-0.39, 0.29) is 19.8 Å². The van der Waals surface area contributed by atoms with Crippen LogP contribution in [-0.2, 0) is 23.9 Å². The van der Waals surface area contributed by atoms with E-state index in [0.29, 0.717) is 6.47 Å². The number of carbonyl (C=O) groups is 2. The van der Waals surface area contributed by atoms with E-state index in [9.17, 15) is 9.59 Å². The van der Waals surface area contributed by atoms with Crippen LogP contribution in [0.4, 0.5) is 0 Å². The van der Waals surface area contributed by atoms with Crippen molar-refractivity contribution in [1.29, 1.82) is 0 Å². The summed E-state index contributed by atoms with van der Waals surface area (Å²) in [5.74, 6) is 3.83. The Balaban J connectivity index is 3.01. The summed E-state index contributed by atoms with van der Waals surface area (Å²) in [6, 6.07) is 0. The zero-order valence-electron chi connectivity index (χ0n) is 5.82. The van der Waals surface area contributed by atoms with Gasteiger partial charge < -0.3 is 14.3 Å². The van der Waals surface area contributed by atoms with Crippen molar-refractivity contribution in [3.8, 4) is 0 Å². The van der Waals surface area contributed by atoms with E-state index in [2.05, 4.69) is 20.2 Å². The molecule has 6 nitrogen and oxygen atoms in total. The maximum atomic E-state index is 10.3. The molecule has 0 saturated carbocycles. The highest BCUT2D eigenvalue weighted by Crippen LogP contribution is 1.77. The Morgan fingerprint density at radius 1 is 1.45 bits per heavy atom. The van der Waals surface area contributed by atoms with Gasteiger partial charge in [0.25, 0.3) is 6.47 Å². The third-order valence-electron chi connectivity index (χ3n) is 0.765. The molecule has 0 heterocycles. The number of ether oxygens (including phenoxy) is 2. The van der Waals surface area contributed by atoms with Gasteiger partial charge in [-0.05, 0) is 0 Å².